The topological polar surface area (TPSA) is 59.8 Å². The lowest BCUT2D eigenvalue weighted by molar-refractivity contribution is -0.113. The first-order valence-corrected chi connectivity index (χ1v) is 9.90. The number of hydrogen-bond acceptors (Lipinski definition) is 4. The summed E-state index contributed by atoms with van der Waals surface area (Å²) in [5.41, 5.74) is 4.05. The number of rotatable bonds is 5. The minimum atomic E-state index is -0.0870. The number of carbonyl (C=O) groups excluding carboxylic acids is 1. The highest BCUT2D eigenvalue weighted by molar-refractivity contribution is 9.10. The average molecular weight is 431 g/mol. The number of aromatic nitrogens is 3. The SMILES string of the molecule is Cc1cccc(-n2c(C)nnc2SCC(=O)Nc2ccc(C)cc2Br)c1. The molecular formula is C19H19BrN4OS. The van der Waals surface area contributed by atoms with Crippen molar-refractivity contribution in [3.05, 3.63) is 63.9 Å². The van der Waals surface area contributed by atoms with Crippen LogP contribution in [0.2, 0.25) is 0 Å². The predicted octanol–water partition coefficient (Wildman–Crippen LogP) is 4.69. The molecular weight excluding hydrogens is 412 g/mol. The molecule has 0 saturated heterocycles. The Morgan fingerprint density at radius 1 is 1.12 bits per heavy atom. The number of aryl methyl sites for hydroxylation is 3. The largest absolute Gasteiger partial charge is 0.324 e. The Morgan fingerprint density at radius 2 is 1.88 bits per heavy atom. The van der Waals surface area contributed by atoms with E-state index in [2.05, 4.69) is 37.5 Å². The Bertz CT molecular complexity index is 954. The molecule has 0 atom stereocenters. The van der Waals surface area contributed by atoms with E-state index in [-0.39, 0.29) is 11.7 Å². The zero-order chi connectivity index (χ0) is 18.7. The van der Waals surface area contributed by atoms with Crippen LogP contribution in [-0.4, -0.2) is 26.4 Å². The molecule has 1 heterocycles. The summed E-state index contributed by atoms with van der Waals surface area (Å²) in [5, 5.41) is 12.0. The van der Waals surface area contributed by atoms with Crippen LogP contribution in [-0.2, 0) is 4.79 Å². The van der Waals surface area contributed by atoms with E-state index in [0.717, 1.165) is 32.8 Å². The van der Waals surface area contributed by atoms with E-state index in [1.165, 1.54) is 11.8 Å². The zero-order valence-electron chi connectivity index (χ0n) is 14.8. The Kier molecular flexibility index (Phi) is 5.78. The molecule has 134 valence electrons. The summed E-state index contributed by atoms with van der Waals surface area (Å²) in [6, 6.07) is 14.0. The van der Waals surface area contributed by atoms with Crippen molar-refractivity contribution in [1.29, 1.82) is 0 Å². The van der Waals surface area contributed by atoms with Gasteiger partial charge in [-0.1, -0.05) is 30.0 Å². The standard InChI is InChI=1S/C19H19BrN4OS/c1-12-5-4-6-15(9-12)24-14(3)22-23-19(24)26-11-18(25)21-17-8-7-13(2)10-16(17)20/h4-10H,11H2,1-3H3,(H,21,25). The molecule has 0 saturated carbocycles. The van der Waals surface area contributed by atoms with Crippen molar-refractivity contribution in [3.63, 3.8) is 0 Å². The van der Waals surface area contributed by atoms with E-state index in [9.17, 15) is 4.79 Å². The molecule has 5 nitrogen and oxygen atoms in total. The lowest BCUT2D eigenvalue weighted by Gasteiger charge is -2.10. The molecule has 0 aliphatic carbocycles. The molecule has 1 aromatic heterocycles. The number of amides is 1. The maximum atomic E-state index is 12.3. The van der Waals surface area contributed by atoms with Crippen LogP contribution in [0.25, 0.3) is 5.69 Å². The smallest absolute Gasteiger partial charge is 0.234 e. The molecule has 26 heavy (non-hydrogen) atoms. The van der Waals surface area contributed by atoms with Gasteiger partial charge in [0.15, 0.2) is 5.16 Å². The van der Waals surface area contributed by atoms with Gasteiger partial charge in [0, 0.05) is 10.2 Å². The summed E-state index contributed by atoms with van der Waals surface area (Å²) in [6.45, 7) is 5.96. The minimum Gasteiger partial charge on any atom is -0.324 e. The highest BCUT2D eigenvalue weighted by atomic mass is 79.9. The molecule has 0 aliphatic rings. The number of halogens is 1. The number of nitrogens with one attached hydrogen (secondary N) is 1. The van der Waals surface area contributed by atoms with E-state index < -0.39 is 0 Å². The number of nitrogens with zero attached hydrogens (tertiary/aromatic N) is 3. The quantitative estimate of drug-likeness (QED) is 0.596. The third-order valence-electron chi connectivity index (χ3n) is 3.79. The second-order valence-corrected chi connectivity index (χ2v) is 7.82. The molecule has 0 aliphatic heterocycles. The van der Waals surface area contributed by atoms with Crippen molar-refractivity contribution in [2.45, 2.75) is 25.9 Å². The van der Waals surface area contributed by atoms with E-state index in [1.807, 2.05) is 61.7 Å². The molecule has 0 spiro atoms. The molecule has 2 aromatic carbocycles. The second kappa shape index (κ2) is 8.05. The van der Waals surface area contributed by atoms with Gasteiger partial charge in [-0.15, -0.1) is 10.2 Å². The summed E-state index contributed by atoms with van der Waals surface area (Å²) in [7, 11) is 0. The first-order chi connectivity index (χ1) is 12.4. The monoisotopic (exact) mass is 430 g/mol. The highest BCUT2D eigenvalue weighted by Crippen LogP contribution is 2.25. The van der Waals surface area contributed by atoms with E-state index in [1.54, 1.807) is 0 Å². The first-order valence-electron chi connectivity index (χ1n) is 8.12. The fourth-order valence-electron chi connectivity index (χ4n) is 2.54. The summed E-state index contributed by atoms with van der Waals surface area (Å²) in [4.78, 5) is 12.3. The van der Waals surface area contributed by atoms with Gasteiger partial charge in [0.05, 0.1) is 11.4 Å². The maximum absolute atomic E-state index is 12.3. The first kappa shape index (κ1) is 18.7. The van der Waals surface area contributed by atoms with Crippen molar-refractivity contribution >= 4 is 39.3 Å². The van der Waals surface area contributed by atoms with Crippen LogP contribution < -0.4 is 5.32 Å². The number of benzene rings is 2. The van der Waals surface area contributed by atoms with E-state index in [0.29, 0.717) is 5.16 Å². The van der Waals surface area contributed by atoms with E-state index >= 15 is 0 Å². The summed E-state index contributed by atoms with van der Waals surface area (Å²) < 4.78 is 2.84. The lowest BCUT2D eigenvalue weighted by atomic mass is 10.2. The van der Waals surface area contributed by atoms with Crippen molar-refractivity contribution < 1.29 is 4.79 Å². The molecule has 7 heteroatoms. The summed E-state index contributed by atoms with van der Waals surface area (Å²) in [6.07, 6.45) is 0. The second-order valence-electron chi connectivity index (χ2n) is 6.02. The maximum Gasteiger partial charge on any atom is 0.234 e. The predicted molar refractivity (Wildman–Crippen MR) is 109 cm³/mol. The van der Waals surface area contributed by atoms with Gasteiger partial charge in [-0.2, -0.15) is 0 Å². The average Bonchev–Trinajstić information content (AvgIpc) is 2.96. The van der Waals surface area contributed by atoms with Gasteiger partial charge in [0.1, 0.15) is 5.82 Å². The van der Waals surface area contributed by atoms with Crippen molar-refractivity contribution in [1.82, 2.24) is 14.8 Å². The van der Waals surface area contributed by atoms with Crippen LogP contribution >= 0.6 is 27.7 Å². The highest BCUT2D eigenvalue weighted by Gasteiger charge is 2.14. The molecule has 0 bridgehead atoms. The number of thioether (sulfide) groups is 1. The molecule has 0 radical (unpaired) electrons. The van der Waals surface area contributed by atoms with E-state index in [4.69, 9.17) is 0 Å². The van der Waals surface area contributed by atoms with Gasteiger partial charge in [-0.25, -0.2) is 0 Å². The third kappa shape index (κ3) is 4.34. The van der Waals surface area contributed by atoms with Gasteiger partial charge >= 0.3 is 0 Å². The fraction of sp³-hybridized carbons (Fsp3) is 0.211. The lowest BCUT2D eigenvalue weighted by Crippen LogP contribution is -2.15. The van der Waals surface area contributed by atoms with Crippen LogP contribution in [0.5, 0.6) is 0 Å². The Balaban J connectivity index is 1.71. The van der Waals surface area contributed by atoms with Crippen molar-refractivity contribution in [3.8, 4) is 5.69 Å². The molecule has 0 unspecified atom stereocenters. The van der Waals surface area contributed by atoms with Gasteiger partial charge in [0.2, 0.25) is 5.91 Å². The number of carbonyl (C=O) groups is 1. The normalized spacial score (nSPS) is 10.8. The van der Waals surface area contributed by atoms with Crippen LogP contribution in [0.15, 0.2) is 52.1 Å². The molecule has 1 amide bonds. The van der Waals surface area contributed by atoms with Gasteiger partial charge < -0.3 is 5.32 Å². The van der Waals surface area contributed by atoms with Gasteiger partial charge in [-0.05, 0) is 72.1 Å². The van der Waals surface area contributed by atoms with Crippen molar-refractivity contribution in [2.24, 2.45) is 0 Å². The van der Waals surface area contributed by atoms with Crippen molar-refractivity contribution in [2.75, 3.05) is 11.1 Å². The third-order valence-corrected chi connectivity index (χ3v) is 5.37. The summed E-state index contributed by atoms with van der Waals surface area (Å²) in [5.74, 6) is 0.959. The number of hydrogen-bond donors (Lipinski definition) is 1. The molecule has 3 aromatic rings. The summed E-state index contributed by atoms with van der Waals surface area (Å²) >= 11 is 4.84. The zero-order valence-corrected chi connectivity index (χ0v) is 17.2. The minimum absolute atomic E-state index is 0.0870. The Hall–Kier alpha value is -2.12. The van der Waals surface area contributed by atoms with Crippen LogP contribution in [0.4, 0.5) is 5.69 Å². The number of anilines is 1. The fourth-order valence-corrected chi connectivity index (χ4v) is 3.93. The van der Waals surface area contributed by atoms with Gasteiger partial charge in [-0.3, -0.25) is 9.36 Å². The Labute approximate surface area is 165 Å². The van der Waals surface area contributed by atoms with Gasteiger partial charge in [0.25, 0.3) is 0 Å². The Morgan fingerprint density at radius 3 is 2.62 bits per heavy atom. The molecule has 3 rings (SSSR count). The van der Waals surface area contributed by atoms with Crippen LogP contribution in [0.3, 0.4) is 0 Å². The molecule has 0 fully saturated rings. The molecule has 1 N–H and O–H groups in total. The van der Waals surface area contributed by atoms with Crippen LogP contribution in [0.1, 0.15) is 17.0 Å². The van der Waals surface area contributed by atoms with Crippen LogP contribution in [0, 0.1) is 20.8 Å².